The number of nitrogens with one attached hydrogen (secondary N) is 1. The van der Waals surface area contributed by atoms with E-state index in [9.17, 15) is 0 Å². The summed E-state index contributed by atoms with van der Waals surface area (Å²) in [5.74, 6) is 1.28. The molecule has 3 nitrogen and oxygen atoms in total. The van der Waals surface area contributed by atoms with Crippen LogP contribution in [0.15, 0.2) is 12.3 Å². The molecule has 0 atom stereocenters. The van der Waals surface area contributed by atoms with Gasteiger partial charge in [0.2, 0.25) is 5.88 Å². The second kappa shape index (κ2) is 3.81. The molecule has 0 bridgehead atoms. The summed E-state index contributed by atoms with van der Waals surface area (Å²) in [5, 5.41) is 6.65. The van der Waals surface area contributed by atoms with Gasteiger partial charge in [0, 0.05) is 17.7 Å². The lowest BCUT2D eigenvalue weighted by Gasteiger charge is -2.28. The predicted molar refractivity (Wildman–Crippen MR) is 52.7 cm³/mol. The standard InChI is InChI=1S/C10H18N2O/c1-8(2)10(3,4)7-13-9-5-6-11-12-9/h5-6,8H,7H2,1-4H3,(H,11,12). The van der Waals surface area contributed by atoms with Crippen LogP contribution in [0.4, 0.5) is 0 Å². The van der Waals surface area contributed by atoms with E-state index in [-0.39, 0.29) is 5.41 Å². The van der Waals surface area contributed by atoms with Gasteiger partial charge in [-0.3, -0.25) is 5.10 Å². The smallest absolute Gasteiger partial charge is 0.232 e. The molecule has 0 aliphatic heterocycles. The zero-order valence-electron chi connectivity index (χ0n) is 8.79. The average Bonchev–Trinajstić information content (AvgIpc) is 2.52. The van der Waals surface area contributed by atoms with E-state index in [1.54, 1.807) is 6.20 Å². The molecule has 0 fully saturated rings. The summed E-state index contributed by atoms with van der Waals surface area (Å²) < 4.78 is 5.53. The van der Waals surface area contributed by atoms with Crippen LogP contribution in [0.3, 0.4) is 0 Å². The summed E-state index contributed by atoms with van der Waals surface area (Å²) in [4.78, 5) is 0. The Bertz CT molecular complexity index is 239. The maximum absolute atomic E-state index is 5.53. The van der Waals surface area contributed by atoms with E-state index >= 15 is 0 Å². The SMILES string of the molecule is CC(C)C(C)(C)COc1cc[nH]n1. The molecule has 74 valence electrons. The van der Waals surface area contributed by atoms with Gasteiger partial charge in [0.25, 0.3) is 0 Å². The molecular weight excluding hydrogens is 164 g/mol. The summed E-state index contributed by atoms with van der Waals surface area (Å²) in [6.45, 7) is 9.51. The first-order valence-electron chi connectivity index (χ1n) is 4.65. The number of hydrogen-bond acceptors (Lipinski definition) is 2. The minimum atomic E-state index is 0.193. The Hall–Kier alpha value is -0.990. The van der Waals surface area contributed by atoms with Crippen molar-refractivity contribution in [1.82, 2.24) is 10.2 Å². The predicted octanol–water partition coefficient (Wildman–Crippen LogP) is 2.47. The number of nitrogens with zero attached hydrogens (tertiary/aromatic N) is 1. The fraction of sp³-hybridized carbons (Fsp3) is 0.700. The van der Waals surface area contributed by atoms with Gasteiger partial charge in [-0.05, 0) is 5.92 Å². The van der Waals surface area contributed by atoms with Gasteiger partial charge >= 0.3 is 0 Å². The Morgan fingerprint density at radius 1 is 1.54 bits per heavy atom. The molecule has 0 unspecified atom stereocenters. The van der Waals surface area contributed by atoms with E-state index in [1.807, 2.05) is 6.07 Å². The number of aromatic amines is 1. The number of H-pyrrole nitrogens is 1. The van der Waals surface area contributed by atoms with Crippen LogP contribution in [-0.4, -0.2) is 16.8 Å². The summed E-state index contributed by atoms with van der Waals surface area (Å²) >= 11 is 0. The average molecular weight is 182 g/mol. The van der Waals surface area contributed by atoms with Crippen molar-refractivity contribution in [2.45, 2.75) is 27.7 Å². The molecule has 0 aromatic carbocycles. The fourth-order valence-electron chi connectivity index (χ4n) is 0.754. The van der Waals surface area contributed by atoms with E-state index in [2.05, 4.69) is 37.9 Å². The monoisotopic (exact) mass is 182 g/mol. The molecule has 1 N–H and O–H groups in total. The van der Waals surface area contributed by atoms with E-state index in [4.69, 9.17) is 4.74 Å². The van der Waals surface area contributed by atoms with Crippen LogP contribution in [0.25, 0.3) is 0 Å². The first kappa shape index (κ1) is 10.1. The quantitative estimate of drug-likeness (QED) is 0.776. The minimum absolute atomic E-state index is 0.193. The first-order valence-corrected chi connectivity index (χ1v) is 4.65. The highest BCUT2D eigenvalue weighted by molar-refractivity contribution is 5.04. The van der Waals surface area contributed by atoms with Crippen molar-refractivity contribution in [3.63, 3.8) is 0 Å². The zero-order valence-corrected chi connectivity index (χ0v) is 8.79. The summed E-state index contributed by atoms with van der Waals surface area (Å²) in [7, 11) is 0. The van der Waals surface area contributed by atoms with Gasteiger partial charge in [0.1, 0.15) is 0 Å². The van der Waals surface area contributed by atoms with Crippen LogP contribution in [0.2, 0.25) is 0 Å². The number of ether oxygens (including phenoxy) is 1. The Balaban J connectivity index is 2.42. The van der Waals surface area contributed by atoms with Crippen molar-refractivity contribution in [3.8, 4) is 5.88 Å². The molecule has 0 aliphatic carbocycles. The van der Waals surface area contributed by atoms with Crippen molar-refractivity contribution < 1.29 is 4.74 Å². The second-order valence-electron chi connectivity index (χ2n) is 4.34. The third-order valence-electron chi connectivity index (χ3n) is 2.63. The lowest BCUT2D eigenvalue weighted by molar-refractivity contribution is 0.126. The minimum Gasteiger partial charge on any atom is -0.476 e. The Morgan fingerprint density at radius 3 is 2.69 bits per heavy atom. The second-order valence-corrected chi connectivity index (χ2v) is 4.34. The topological polar surface area (TPSA) is 37.9 Å². The van der Waals surface area contributed by atoms with E-state index < -0.39 is 0 Å². The molecule has 13 heavy (non-hydrogen) atoms. The Kier molecular flexibility index (Phi) is 2.96. The molecule has 0 radical (unpaired) electrons. The van der Waals surface area contributed by atoms with Crippen LogP contribution in [0, 0.1) is 11.3 Å². The molecule has 0 aliphatic rings. The van der Waals surface area contributed by atoms with Crippen LogP contribution in [-0.2, 0) is 0 Å². The van der Waals surface area contributed by atoms with Gasteiger partial charge in [-0.2, -0.15) is 0 Å². The molecule has 1 aromatic heterocycles. The maximum atomic E-state index is 5.53. The number of rotatable bonds is 4. The van der Waals surface area contributed by atoms with Crippen LogP contribution in [0.1, 0.15) is 27.7 Å². The van der Waals surface area contributed by atoms with E-state index in [0.29, 0.717) is 18.4 Å². The molecular formula is C10H18N2O. The van der Waals surface area contributed by atoms with Crippen molar-refractivity contribution in [2.24, 2.45) is 11.3 Å². The lowest BCUT2D eigenvalue weighted by atomic mass is 9.82. The van der Waals surface area contributed by atoms with Crippen LogP contribution in [0.5, 0.6) is 5.88 Å². The van der Waals surface area contributed by atoms with Crippen molar-refractivity contribution in [3.05, 3.63) is 12.3 Å². The van der Waals surface area contributed by atoms with Crippen LogP contribution < -0.4 is 4.74 Å². The number of aromatic nitrogens is 2. The molecule has 1 aromatic rings. The molecule has 0 saturated carbocycles. The van der Waals surface area contributed by atoms with Crippen LogP contribution >= 0.6 is 0 Å². The van der Waals surface area contributed by atoms with Crippen molar-refractivity contribution in [2.75, 3.05) is 6.61 Å². The van der Waals surface area contributed by atoms with Gasteiger partial charge in [-0.15, -0.1) is 5.10 Å². The summed E-state index contributed by atoms with van der Waals surface area (Å²) in [6, 6.07) is 1.83. The van der Waals surface area contributed by atoms with Gasteiger partial charge in [-0.25, -0.2) is 0 Å². The van der Waals surface area contributed by atoms with Gasteiger partial charge < -0.3 is 4.74 Å². The number of hydrogen-bond donors (Lipinski definition) is 1. The highest BCUT2D eigenvalue weighted by atomic mass is 16.5. The van der Waals surface area contributed by atoms with Crippen molar-refractivity contribution >= 4 is 0 Å². The lowest BCUT2D eigenvalue weighted by Crippen LogP contribution is -2.27. The Labute approximate surface area is 79.5 Å². The van der Waals surface area contributed by atoms with Gasteiger partial charge in [-0.1, -0.05) is 27.7 Å². The summed E-state index contributed by atoms with van der Waals surface area (Å²) in [6.07, 6.45) is 1.76. The highest BCUT2D eigenvalue weighted by Crippen LogP contribution is 2.26. The zero-order chi connectivity index (χ0) is 9.90. The largest absolute Gasteiger partial charge is 0.476 e. The normalized spacial score (nSPS) is 12.1. The van der Waals surface area contributed by atoms with E-state index in [1.165, 1.54) is 0 Å². The molecule has 0 saturated heterocycles. The van der Waals surface area contributed by atoms with Gasteiger partial charge in [0.05, 0.1) is 6.61 Å². The van der Waals surface area contributed by atoms with Gasteiger partial charge in [0.15, 0.2) is 0 Å². The molecule has 1 rings (SSSR count). The fourth-order valence-corrected chi connectivity index (χ4v) is 0.754. The summed E-state index contributed by atoms with van der Waals surface area (Å²) in [5.41, 5.74) is 0.193. The molecule has 0 spiro atoms. The molecule has 3 heteroatoms. The Morgan fingerprint density at radius 2 is 2.23 bits per heavy atom. The molecule has 0 amide bonds. The first-order chi connectivity index (χ1) is 6.02. The third-order valence-corrected chi connectivity index (χ3v) is 2.63. The maximum Gasteiger partial charge on any atom is 0.232 e. The highest BCUT2D eigenvalue weighted by Gasteiger charge is 2.23. The van der Waals surface area contributed by atoms with E-state index in [0.717, 1.165) is 0 Å². The van der Waals surface area contributed by atoms with Crippen molar-refractivity contribution in [1.29, 1.82) is 0 Å². The third kappa shape index (κ3) is 2.76. The molecule has 1 heterocycles.